The first-order valence-corrected chi connectivity index (χ1v) is 8.69. The molecule has 144 valence electrons. The number of aromatic nitrogens is 5. The average molecular weight is 376 g/mol. The Balaban J connectivity index is 1.84. The van der Waals surface area contributed by atoms with E-state index in [1.807, 2.05) is 19.2 Å². The summed E-state index contributed by atoms with van der Waals surface area (Å²) in [5, 5.41) is 8.95. The van der Waals surface area contributed by atoms with Crippen LogP contribution in [0.1, 0.15) is 36.0 Å². The Morgan fingerprint density at radius 3 is 2.67 bits per heavy atom. The van der Waals surface area contributed by atoms with Crippen molar-refractivity contribution in [3.63, 3.8) is 0 Å². The fourth-order valence-electron chi connectivity index (χ4n) is 3.04. The number of nitrogens with zero attached hydrogens (tertiary/aromatic N) is 6. The lowest BCUT2D eigenvalue weighted by Crippen LogP contribution is -2.30. The van der Waals surface area contributed by atoms with Gasteiger partial charge in [-0.25, -0.2) is 18.4 Å². The van der Waals surface area contributed by atoms with Crippen molar-refractivity contribution in [1.29, 1.82) is 0 Å². The van der Waals surface area contributed by atoms with E-state index in [1.165, 1.54) is 15.6 Å². The zero-order chi connectivity index (χ0) is 19.7. The Morgan fingerprint density at radius 1 is 1.30 bits per heavy atom. The smallest absolute Gasteiger partial charge is 0.264 e. The van der Waals surface area contributed by atoms with E-state index in [-0.39, 0.29) is 18.0 Å². The van der Waals surface area contributed by atoms with E-state index in [0.29, 0.717) is 29.0 Å². The summed E-state index contributed by atoms with van der Waals surface area (Å²) in [6.45, 7) is 6.32. The van der Waals surface area contributed by atoms with E-state index in [4.69, 9.17) is 0 Å². The Hall–Kier alpha value is -2.84. The van der Waals surface area contributed by atoms with E-state index in [2.05, 4.69) is 15.2 Å². The predicted octanol–water partition coefficient (Wildman–Crippen LogP) is 2.86. The molecule has 7 nitrogen and oxygen atoms in total. The minimum atomic E-state index is -2.63. The number of carbonyl (C=O) groups is 1. The molecule has 0 bridgehead atoms. The standard InChI is InChI=1S/C18H22F2N6O/c1-5-25-7-6-13(23-25)9-24(4)15(27)10-26-18-16(12(3)22-26)14(17(19)20)8-11(2)21-18/h6-8,17H,5,9-10H2,1-4H3. The Labute approximate surface area is 155 Å². The van der Waals surface area contributed by atoms with Gasteiger partial charge in [-0.05, 0) is 32.9 Å². The van der Waals surface area contributed by atoms with Crippen LogP contribution in [0.4, 0.5) is 8.78 Å². The summed E-state index contributed by atoms with van der Waals surface area (Å²) in [6.07, 6.45) is -0.769. The average Bonchev–Trinajstić information content (AvgIpc) is 3.18. The van der Waals surface area contributed by atoms with Crippen LogP contribution in [0, 0.1) is 13.8 Å². The number of rotatable bonds is 6. The van der Waals surface area contributed by atoms with Gasteiger partial charge in [0.25, 0.3) is 6.43 Å². The van der Waals surface area contributed by atoms with Gasteiger partial charge >= 0.3 is 0 Å². The van der Waals surface area contributed by atoms with E-state index in [9.17, 15) is 13.6 Å². The molecule has 3 aromatic rings. The Morgan fingerprint density at radius 2 is 2.04 bits per heavy atom. The summed E-state index contributed by atoms with van der Waals surface area (Å²) in [4.78, 5) is 18.5. The summed E-state index contributed by atoms with van der Waals surface area (Å²) in [5.41, 5.74) is 1.88. The van der Waals surface area contributed by atoms with Crippen molar-refractivity contribution >= 4 is 16.9 Å². The highest BCUT2D eigenvalue weighted by molar-refractivity contribution is 5.84. The third kappa shape index (κ3) is 3.81. The van der Waals surface area contributed by atoms with Crippen LogP contribution < -0.4 is 0 Å². The lowest BCUT2D eigenvalue weighted by atomic mass is 10.1. The van der Waals surface area contributed by atoms with Gasteiger partial charge in [-0.15, -0.1) is 0 Å². The SMILES string of the molecule is CCn1ccc(CN(C)C(=O)Cn2nc(C)c3c(C(F)F)cc(C)nc32)n1. The molecule has 0 unspecified atom stereocenters. The van der Waals surface area contributed by atoms with E-state index >= 15 is 0 Å². The first-order chi connectivity index (χ1) is 12.8. The Bertz CT molecular complexity index is 978. The quantitative estimate of drug-likeness (QED) is 0.663. The van der Waals surface area contributed by atoms with Crippen LogP contribution in [0.15, 0.2) is 18.3 Å². The van der Waals surface area contributed by atoms with Crippen molar-refractivity contribution < 1.29 is 13.6 Å². The second kappa shape index (κ2) is 7.42. The molecule has 0 spiro atoms. The maximum Gasteiger partial charge on any atom is 0.264 e. The van der Waals surface area contributed by atoms with Gasteiger partial charge in [-0.1, -0.05) is 0 Å². The molecule has 0 aliphatic rings. The number of pyridine rings is 1. The number of likely N-dealkylation sites (N-methyl/N-ethyl adjacent to an activating group) is 1. The van der Waals surface area contributed by atoms with Crippen molar-refractivity contribution in [2.75, 3.05) is 7.05 Å². The van der Waals surface area contributed by atoms with Crippen LogP contribution >= 0.6 is 0 Å². The normalized spacial score (nSPS) is 11.5. The molecule has 1 amide bonds. The van der Waals surface area contributed by atoms with E-state index in [0.717, 1.165) is 12.2 Å². The van der Waals surface area contributed by atoms with Gasteiger partial charge in [0.15, 0.2) is 5.65 Å². The number of alkyl halides is 2. The molecule has 0 saturated carbocycles. The van der Waals surface area contributed by atoms with Gasteiger partial charge in [0.1, 0.15) is 6.54 Å². The highest BCUT2D eigenvalue weighted by atomic mass is 19.3. The molecule has 0 N–H and O–H groups in total. The second-order valence-corrected chi connectivity index (χ2v) is 6.51. The van der Waals surface area contributed by atoms with Gasteiger partial charge in [-0.2, -0.15) is 10.2 Å². The molecule has 9 heteroatoms. The van der Waals surface area contributed by atoms with E-state index in [1.54, 1.807) is 25.6 Å². The summed E-state index contributed by atoms with van der Waals surface area (Å²) in [7, 11) is 1.68. The van der Waals surface area contributed by atoms with Gasteiger partial charge in [0.2, 0.25) is 5.91 Å². The molecule has 3 aromatic heterocycles. The number of amides is 1. The van der Waals surface area contributed by atoms with Crippen molar-refractivity contribution in [1.82, 2.24) is 29.4 Å². The summed E-state index contributed by atoms with van der Waals surface area (Å²) in [6, 6.07) is 3.23. The number of halogens is 2. The third-order valence-electron chi connectivity index (χ3n) is 4.40. The minimum absolute atomic E-state index is 0.0749. The van der Waals surface area contributed by atoms with Gasteiger partial charge in [0.05, 0.1) is 23.3 Å². The fraction of sp³-hybridized carbons (Fsp3) is 0.444. The second-order valence-electron chi connectivity index (χ2n) is 6.51. The maximum atomic E-state index is 13.4. The molecule has 3 rings (SSSR count). The minimum Gasteiger partial charge on any atom is -0.338 e. The summed E-state index contributed by atoms with van der Waals surface area (Å²) in [5.74, 6) is -0.202. The first-order valence-electron chi connectivity index (χ1n) is 8.69. The lowest BCUT2D eigenvalue weighted by molar-refractivity contribution is -0.131. The highest BCUT2D eigenvalue weighted by Gasteiger charge is 2.21. The Kier molecular flexibility index (Phi) is 5.20. The fourth-order valence-corrected chi connectivity index (χ4v) is 3.04. The molecular formula is C18H22F2N6O. The van der Waals surface area contributed by atoms with Gasteiger partial charge < -0.3 is 4.90 Å². The van der Waals surface area contributed by atoms with Gasteiger partial charge in [-0.3, -0.25) is 9.48 Å². The number of aryl methyl sites for hydroxylation is 3. The molecular weight excluding hydrogens is 354 g/mol. The predicted molar refractivity (Wildman–Crippen MR) is 96.3 cm³/mol. The maximum absolute atomic E-state index is 13.4. The van der Waals surface area contributed by atoms with Crippen LogP contribution in [0.5, 0.6) is 0 Å². The molecule has 0 saturated heterocycles. The monoisotopic (exact) mass is 376 g/mol. The lowest BCUT2D eigenvalue weighted by Gasteiger charge is -2.16. The topological polar surface area (TPSA) is 68.8 Å². The summed E-state index contributed by atoms with van der Waals surface area (Å²) < 4.78 is 29.9. The van der Waals surface area contributed by atoms with Crippen molar-refractivity contribution in [2.45, 2.75) is 46.8 Å². The van der Waals surface area contributed by atoms with Crippen molar-refractivity contribution in [3.8, 4) is 0 Å². The number of carbonyl (C=O) groups excluding carboxylic acids is 1. The van der Waals surface area contributed by atoms with E-state index < -0.39 is 6.43 Å². The van der Waals surface area contributed by atoms with Crippen LogP contribution in [0.3, 0.4) is 0 Å². The van der Waals surface area contributed by atoms with Crippen LogP contribution in [0.2, 0.25) is 0 Å². The largest absolute Gasteiger partial charge is 0.338 e. The van der Waals surface area contributed by atoms with Gasteiger partial charge in [0, 0.05) is 31.0 Å². The summed E-state index contributed by atoms with van der Waals surface area (Å²) >= 11 is 0. The zero-order valence-electron chi connectivity index (χ0n) is 15.8. The van der Waals surface area contributed by atoms with Crippen LogP contribution in [0.25, 0.3) is 11.0 Å². The molecule has 0 aliphatic heterocycles. The molecule has 0 aliphatic carbocycles. The number of hydrogen-bond donors (Lipinski definition) is 0. The molecule has 0 radical (unpaired) electrons. The zero-order valence-corrected chi connectivity index (χ0v) is 15.8. The molecule has 0 aromatic carbocycles. The third-order valence-corrected chi connectivity index (χ3v) is 4.40. The van der Waals surface area contributed by atoms with Crippen LogP contribution in [-0.4, -0.2) is 42.4 Å². The number of fused-ring (bicyclic) bond motifs is 1. The highest BCUT2D eigenvalue weighted by Crippen LogP contribution is 2.29. The molecule has 3 heterocycles. The molecule has 27 heavy (non-hydrogen) atoms. The molecule has 0 atom stereocenters. The first kappa shape index (κ1) is 18.9. The van der Waals surface area contributed by atoms with Crippen molar-refractivity contribution in [2.24, 2.45) is 0 Å². The molecule has 0 fully saturated rings. The van der Waals surface area contributed by atoms with Crippen LogP contribution in [-0.2, 0) is 24.4 Å². The van der Waals surface area contributed by atoms with Crippen molar-refractivity contribution in [3.05, 3.63) is 41.0 Å². The number of hydrogen-bond acceptors (Lipinski definition) is 4.